The van der Waals surface area contributed by atoms with Crippen LogP contribution in [-0.4, -0.2) is 49.5 Å². The molecule has 8 heteroatoms. The van der Waals surface area contributed by atoms with Gasteiger partial charge in [-0.05, 0) is 55.5 Å². The lowest BCUT2D eigenvalue weighted by atomic mass is 9.99. The summed E-state index contributed by atoms with van der Waals surface area (Å²) in [6, 6.07) is 15.5. The third kappa shape index (κ3) is 3.98. The fraction of sp³-hybridized carbons (Fsp3) is 0.250. The Labute approximate surface area is 194 Å². The van der Waals surface area contributed by atoms with E-state index in [9.17, 15) is 4.79 Å². The quantitative estimate of drug-likeness (QED) is 0.415. The van der Waals surface area contributed by atoms with E-state index in [0.29, 0.717) is 23.7 Å². The number of pyridine rings is 1. The topological polar surface area (TPSA) is 73.1 Å². The first-order chi connectivity index (χ1) is 15.6. The summed E-state index contributed by atoms with van der Waals surface area (Å²) in [7, 11) is 0. The van der Waals surface area contributed by atoms with E-state index in [1.807, 2.05) is 53.4 Å². The van der Waals surface area contributed by atoms with E-state index < -0.39 is 0 Å². The number of benzene rings is 2. The van der Waals surface area contributed by atoms with E-state index in [4.69, 9.17) is 4.74 Å². The first-order valence-electron chi connectivity index (χ1n) is 10.6. The molecule has 0 saturated carbocycles. The van der Waals surface area contributed by atoms with Crippen LogP contribution in [0.3, 0.4) is 0 Å². The number of piperidine rings is 1. The van der Waals surface area contributed by atoms with Gasteiger partial charge in [0.25, 0.3) is 5.91 Å². The number of amides is 1. The van der Waals surface area contributed by atoms with Crippen molar-refractivity contribution in [3.63, 3.8) is 0 Å². The van der Waals surface area contributed by atoms with E-state index in [-0.39, 0.29) is 18.1 Å². The molecule has 1 aliphatic rings. The van der Waals surface area contributed by atoms with Crippen molar-refractivity contribution in [3.8, 4) is 11.6 Å². The molecule has 0 N–H and O–H groups in total. The molecule has 0 bridgehead atoms. The van der Waals surface area contributed by atoms with Gasteiger partial charge in [0.1, 0.15) is 6.10 Å². The molecule has 5 rings (SSSR count). The van der Waals surface area contributed by atoms with Crippen LogP contribution in [0.15, 0.2) is 71.6 Å². The molecule has 1 saturated heterocycles. The predicted octanol–water partition coefficient (Wildman–Crippen LogP) is 4.65. The summed E-state index contributed by atoms with van der Waals surface area (Å²) >= 11 is 3.53. The van der Waals surface area contributed by atoms with Gasteiger partial charge in [-0.1, -0.05) is 34.1 Å². The Bertz CT molecular complexity index is 1260. The second kappa shape index (κ2) is 8.70. The SMILES string of the molecule is C[C@@H]1CC[C@@H](Oc2nccc3ccc(Br)cc23)CN1C(=O)c1ccccc1-n1nccn1. The van der Waals surface area contributed by atoms with Crippen molar-refractivity contribution in [2.75, 3.05) is 6.54 Å². The molecule has 2 aromatic heterocycles. The number of para-hydroxylation sites is 1. The standard InChI is InChI=1S/C24H22BrN5O2/c1-16-6-9-19(32-23-21-14-18(25)8-7-17(21)10-11-26-23)15-29(16)24(31)20-4-2-3-5-22(20)30-27-12-13-28-30/h2-5,7-8,10-14,16,19H,6,9,15H2,1H3/t16-,19-/m1/s1. The van der Waals surface area contributed by atoms with Crippen LogP contribution in [0.2, 0.25) is 0 Å². The highest BCUT2D eigenvalue weighted by molar-refractivity contribution is 9.10. The number of ether oxygens (including phenoxy) is 1. The van der Waals surface area contributed by atoms with E-state index in [0.717, 1.165) is 28.1 Å². The molecule has 0 aliphatic carbocycles. The lowest BCUT2D eigenvalue weighted by Crippen LogP contribution is -2.49. The van der Waals surface area contributed by atoms with Gasteiger partial charge in [0.2, 0.25) is 5.88 Å². The minimum Gasteiger partial charge on any atom is -0.472 e. The molecule has 162 valence electrons. The number of aromatic nitrogens is 4. The number of fused-ring (bicyclic) bond motifs is 1. The zero-order chi connectivity index (χ0) is 22.1. The molecule has 2 atom stereocenters. The maximum absolute atomic E-state index is 13.6. The summed E-state index contributed by atoms with van der Waals surface area (Å²) in [4.78, 5) is 21.4. The number of carbonyl (C=O) groups excluding carboxylic acids is 1. The number of nitrogens with zero attached hydrogens (tertiary/aromatic N) is 5. The molecule has 1 fully saturated rings. The Hall–Kier alpha value is -3.26. The molecule has 0 radical (unpaired) electrons. The number of carbonyl (C=O) groups is 1. The third-order valence-corrected chi connectivity index (χ3v) is 6.33. The van der Waals surface area contributed by atoms with Crippen LogP contribution in [0.4, 0.5) is 0 Å². The minimum absolute atomic E-state index is 0.0488. The molecule has 2 aromatic carbocycles. The number of rotatable bonds is 4. The fourth-order valence-electron chi connectivity index (χ4n) is 4.14. The molecule has 0 spiro atoms. The van der Waals surface area contributed by atoms with Gasteiger partial charge in [0.15, 0.2) is 0 Å². The summed E-state index contributed by atoms with van der Waals surface area (Å²) in [6.45, 7) is 2.57. The average molecular weight is 492 g/mol. The van der Waals surface area contributed by atoms with Gasteiger partial charge in [-0.25, -0.2) is 4.98 Å². The second-order valence-corrected chi connectivity index (χ2v) is 8.86. The van der Waals surface area contributed by atoms with Gasteiger partial charge >= 0.3 is 0 Å². The number of halogens is 1. The van der Waals surface area contributed by atoms with Gasteiger partial charge < -0.3 is 9.64 Å². The summed E-state index contributed by atoms with van der Waals surface area (Å²) in [5, 5.41) is 10.4. The first-order valence-corrected chi connectivity index (χ1v) is 11.4. The van der Waals surface area contributed by atoms with Crippen LogP contribution in [0.5, 0.6) is 5.88 Å². The Balaban J connectivity index is 1.40. The van der Waals surface area contributed by atoms with Crippen LogP contribution in [0.25, 0.3) is 16.5 Å². The first kappa shape index (κ1) is 20.6. The second-order valence-electron chi connectivity index (χ2n) is 7.94. The van der Waals surface area contributed by atoms with Crippen molar-refractivity contribution in [1.29, 1.82) is 0 Å². The van der Waals surface area contributed by atoms with Gasteiger partial charge in [0, 0.05) is 22.1 Å². The van der Waals surface area contributed by atoms with Crippen LogP contribution < -0.4 is 4.74 Å². The molecule has 0 unspecified atom stereocenters. The Morgan fingerprint density at radius 1 is 1.06 bits per heavy atom. The highest BCUT2D eigenvalue weighted by Gasteiger charge is 2.32. The molecule has 1 aliphatic heterocycles. The smallest absolute Gasteiger partial charge is 0.256 e. The summed E-state index contributed by atoms with van der Waals surface area (Å²) in [5.41, 5.74) is 1.24. The number of hydrogen-bond donors (Lipinski definition) is 0. The highest BCUT2D eigenvalue weighted by Crippen LogP contribution is 2.30. The van der Waals surface area contributed by atoms with Gasteiger partial charge in [-0.15, -0.1) is 0 Å². The molecule has 1 amide bonds. The molecular formula is C24H22BrN5O2. The van der Waals surface area contributed by atoms with Crippen molar-refractivity contribution in [3.05, 3.63) is 77.2 Å². The lowest BCUT2D eigenvalue weighted by molar-refractivity contribution is 0.0377. The molecule has 4 aromatic rings. The molecule has 32 heavy (non-hydrogen) atoms. The lowest BCUT2D eigenvalue weighted by Gasteiger charge is -2.38. The van der Waals surface area contributed by atoms with Crippen LogP contribution >= 0.6 is 15.9 Å². The van der Waals surface area contributed by atoms with Gasteiger partial charge in [0.05, 0.1) is 30.2 Å². The van der Waals surface area contributed by atoms with Gasteiger partial charge in [-0.3, -0.25) is 4.79 Å². The van der Waals surface area contributed by atoms with Crippen molar-refractivity contribution in [1.82, 2.24) is 24.9 Å². The highest BCUT2D eigenvalue weighted by atomic mass is 79.9. The Kier molecular flexibility index (Phi) is 5.61. The Morgan fingerprint density at radius 2 is 1.88 bits per heavy atom. The zero-order valence-electron chi connectivity index (χ0n) is 17.6. The fourth-order valence-corrected chi connectivity index (χ4v) is 4.50. The summed E-state index contributed by atoms with van der Waals surface area (Å²) in [6.07, 6.45) is 6.54. The van der Waals surface area contributed by atoms with E-state index in [2.05, 4.69) is 38.0 Å². The van der Waals surface area contributed by atoms with E-state index >= 15 is 0 Å². The van der Waals surface area contributed by atoms with Crippen LogP contribution in [0.1, 0.15) is 30.1 Å². The maximum Gasteiger partial charge on any atom is 0.256 e. The zero-order valence-corrected chi connectivity index (χ0v) is 19.1. The monoisotopic (exact) mass is 491 g/mol. The van der Waals surface area contributed by atoms with Crippen molar-refractivity contribution in [2.24, 2.45) is 0 Å². The maximum atomic E-state index is 13.6. The number of likely N-dealkylation sites (tertiary alicyclic amines) is 1. The molecule has 3 heterocycles. The third-order valence-electron chi connectivity index (χ3n) is 5.84. The number of hydrogen-bond acceptors (Lipinski definition) is 5. The van der Waals surface area contributed by atoms with Gasteiger partial charge in [-0.2, -0.15) is 15.0 Å². The van der Waals surface area contributed by atoms with E-state index in [1.165, 1.54) is 4.80 Å². The van der Waals surface area contributed by atoms with Crippen LogP contribution in [0, 0.1) is 0 Å². The van der Waals surface area contributed by atoms with Crippen LogP contribution in [-0.2, 0) is 0 Å². The predicted molar refractivity (Wildman–Crippen MR) is 125 cm³/mol. The van der Waals surface area contributed by atoms with Crippen molar-refractivity contribution in [2.45, 2.75) is 31.9 Å². The molecular weight excluding hydrogens is 470 g/mol. The van der Waals surface area contributed by atoms with E-state index in [1.54, 1.807) is 18.6 Å². The molecule has 7 nitrogen and oxygen atoms in total. The summed E-state index contributed by atoms with van der Waals surface area (Å²) in [5.74, 6) is 0.546. The average Bonchev–Trinajstić information content (AvgIpc) is 3.35. The summed E-state index contributed by atoms with van der Waals surface area (Å²) < 4.78 is 7.31. The Morgan fingerprint density at radius 3 is 2.72 bits per heavy atom. The minimum atomic E-state index is -0.137. The normalized spacial score (nSPS) is 18.6. The van der Waals surface area contributed by atoms with Crippen molar-refractivity contribution < 1.29 is 9.53 Å². The van der Waals surface area contributed by atoms with Crippen molar-refractivity contribution >= 4 is 32.6 Å². The largest absolute Gasteiger partial charge is 0.472 e.